The van der Waals surface area contributed by atoms with Gasteiger partial charge in [0.05, 0.1) is 5.69 Å². The van der Waals surface area contributed by atoms with E-state index in [1.807, 2.05) is 37.3 Å². The summed E-state index contributed by atoms with van der Waals surface area (Å²) < 4.78 is 48.1. The molecule has 1 aromatic heterocycles. The standard InChI is InChI=1S/C24H26FN3O4S/c1-15-9-12-22(18-7-5-4-6-8-18)33(30,31)28(15)14-19-10-11-20(13-21(19)25)26-24(29)23-16(2)27-32-17(23)3/h4-8,10-11,13,15,22H,9,12,14H2,1-3H3,(H,26,29)/t15-,22?/m0/s1. The van der Waals surface area contributed by atoms with Gasteiger partial charge in [0, 0.05) is 23.8 Å². The second kappa shape index (κ2) is 9.07. The highest BCUT2D eigenvalue weighted by atomic mass is 32.2. The third-order valence-electron chi connectivity index (χ3n) is 6.09. The van der Waals surface area contributed by atoms with Crippen LogP contribution in [-0.4, -0.2) is 29.8 Å². The van der Waals surface area contributed by atoms with Crippen LogP contribution in [0.25, 0.3) is 0 Å². The molecule has 0 radical (unpaired) electrons. The Labute approximate surface area is 192 Å². The van der Waals surface area contributed by atoms with Gasteiger partial charge in [-0.1, -0.05) is 41.6 Å². The highest BCUT2D eigenvalue weighted by Gasteiger charge is 2.40. The van der Waals surface area contributed by atoms with Gasteiger partial charge in [0.1, 0.15) is 22.4 Å². The number of aromatic nitrogens is 1. The molecule has 1 unspecified atom stereocenters. The number of nitrogens with one attached hydrogen (secondary N) is 1. The molecule has 3 aromatic rings. The van der Waals surface area contributed by atoms with Crippen molar-refractivity contribution in [3.8, 4) is 0 Å². The number of hydrogen-bond donors (Lipinski definition) is 1. The number of rotatable bonds is 5. The first-order valence-electron chi connectivity index (χ1n) is 10.8. The number of sulfonamides is 1. The van der Waals surface area contributed by atoms with E-state index >= 15 is 0 Å². The summed E-state index contributed by atoms with van der Waals surface area (Å²) in [6.45, 7) is 5.05. The molecule has 174 valence electrons. The lowest BCUT2D eigenvalue weighted by Crippen LogP contribution is -2.44. The average molecular weight is 472 g/mol. The molecule has 0 aliphatic carbocycles. The molecule has 4 rings (SSSR count). The minimum absolute atomic E-state index is 0.0727. The molecule has 0 spiro atoms. The number of hydrogen-bond acceptors (Lipinski definition) is 5. The number of anilines is 1. The zero-order chi connectivity index (χ0) is 23.8. The first kappa shape index (κ1) is 23.1. The van der Waals surface area contributed by atoms with Gasteiger partial charge in [-0.05, 0) is 51.3 Å². The lowest BCUT2D eigenvalue weighted by Gasteiger charge is -2.37. The number of amides is 1. The normalized spacial score (nSPS) is 20.5. The first-order chi connectivity index (χ1) is 15.7. The van der Waals surface area contributed by atoms with Crippen LogP contribution in [0.3, 0.4) is 0 Å². The molecule has 7 nitrogen and oxygen atoms in total. The molecule has 1 fully saturated rings. The molecule has 33 heavy (non-hydrogen) atoms. The van der Waals surface area contributed by atoms with Gasteiger partial charge in [-0.2, -0.15) is 4.31 Å². The molecule has 2 heterocycles. The summed E-state index contributed by atoms with van der Waals surface area (Å²) in [6, 6.07) is 13.1. The van der Waals surface area contributed by atoms with Crippen LogP contribution < -0.4 is 5.32 Å². The Hall–Kier alpha value is -3.04. The molecular formula is C24H26FN3O4S. The predicted molar refractivity (Wildman–Crippen MR) is 123 cm³/mol. The van der Waals surface area contributed by atoms with Gasteiger partial charge in [0.15, 0.2) is 0 Å². The van der Waals surface area contributed by atoms with Gasteiger partial charge in [-0.25, -0.2) is 12.8 Å². The molecule has 0 bridgehead atoms. The minimum Gasteiger partial charge on any atom is -0.361 e. The molecule has 0 saturated carbocycles. The summed E-state index contributed by atoms with van der Waals surface area (Å²) in [5, 5.41) is 5.75. The van der Waals surface area contributed by atoms with Gasteiger partial charge in [-0.3, -0.25) is 4.79 Å². The van der Waals surface area contributed by atoms with E-state index in [-0.39, 0.29) is 23.8 Å². The van der Waals surface area contributed by atoms with Crippen molar-refractivity contribution in [1.29, 1.82) is 0 Å². The Kier molecular flexibility index (Phi) is 6.36. The van der Waals surface area contributed by atoms with E-state index in [0.29, 0.717) is 29.9 Å². The fraction of sp³-hybridized carbons (Fsp3) is 0.333. The van der Waals surface area contributed by atoms with E-state index in [0.717, 1.165) is 5.56 Å². The van der Waals surface area contributed by atoms with Crippen molar-refractivity contribution in [1.82, 2.24) is 9.46 Å². The molecule has 9 heteroatoms. The van der Waals surface area contributed by atoms with Crippen LogP contribution in [0, 0.1) is 19.7 Å². The molecule has 1 saturated heterocycles. The maximum absolute atomic E-state index is 15.0. The lowest BCUT2D eigenvalue weighted by atomic mass is 10.0. The van der Waals surface area contributed by atoms with E-state index in [2.05, 4.69) is 10.5 Å². The van der Waals surface area contributed by atoms with Crippen LogP contribution in [0.5, 0.6) is 0 Å². The van der Waals surface area contributed by atoms with Crippen molar-refractivity contribution < 1.29 is 22.1 Å². The molecule has 1 aliphatic rings. The highest BCUT2D eigenvalue weighted by Crippen LogP contribution is 2.38. The van der Waals surface area contributed by atoms with Crippen LogP contribution in [0.4, 0.5) is 10.1 Å². The maximum Gasteiger partial charge on any atom is 0.261 e. The number of nitrogens with zero attached hydrogens (tertiary/aromatic N) is 2. The van der Waals surface area contributed by atoms with Crippen molar-refractivity contribution in [3.05, 3.63) is 82.5 Å². The number of aryl methyl sites for hydroxylation is 2. The summed E-state index contributed by atoms with van der Waals surface area (Å²) in [6.07, 6.45) is 1.21. The number of carbonyl (C=O) groups is 1. The van der Waals surface area contributed by atoms with E-state index in [1.165, 1.54) is 16.4 Å². The molecule has 1 aliphatic heterocycles. The molecule has 2 aromatic carbocycles. The summed E-state index contributed by atoms with van der Waals surface area (Å²) in [7, 11) is -3.67. The Morgan fingerprint density at radius 2 is 1.91 bits per heavy atom. The summed E-state index contributed by atoms with van der Waals surface area (Å²) in [5.41, 5.74) is 2.00. The first-order valence-corrected chi connectivity index (χ1v) is 12.3. The molecular weight excluding hydrogens is 445 g/mol. The van der Waals surface area contributed by atoms with Gasteiger partial charge in [0.25, 0.3) is 5.91 Å². The van der Waals surface area contributed by atoms with Crippen LogP contribution in [0.2, 0.25) is 0 Å². The van der Waals surface area contributed by atoms with Crippen molar-refractivity contribution in [2.24, 2.45) is 0 Å². The van der Waals surface area contributed by atoms with E-state index in [4.69, 9.17) is 4.52 Å². The Bertz CT molecular complexity index is 1250. The maximum atomic E-state index is 15.0. The van der Waals surface area contributed by atoms with Gasteiger partial charge < -0.3 is 9.84 Å². The molecule has 2 atom stereocenters. The molecule has 1 amide bonds. The van der Waals surface area contributed by atoms with Gasteiger partial charge in [-0.15, -0.1) is 0 Å². The summed E-state index contributed by atoms with van der Waals surface area (Å²) in [5.74, 6) is -0.661. The monoisotopic (exact) mass is 471 g/mol. The SMILES string of the molecule is Cc1noc(C)c1C(=O)Nc1ccc(CN2[C@@H](C)CCC(c3ccccc3)S2(=O)=O)c(F)c1. The predicted octanol–water partition coefficient (Wildman–Crippen LogP) is 4.74. The second-order valence-electron chi connectivity index (χ2n) is 8.38. The van der Waals surface area contributed by atoms with Gasteiger partial charge >= 0.3 is 0 Å². The zero-order valence-corrected chi connectivity index (χ0v) is 19.5. The largest absolute Gasteiger partial charge is 0.361 e. The Morgan fingerprint density at radius 3 is 2.55 bits per heavy atom. The van der Waals surface area contributed by atoms with Gasteiger partial charge in [0.2, 0.25) is 10.0 Å². The van der Waals surface area contributed by atoms with Crippen molar-refractivity contribution in [2.45, 2.75) is 51.4 Å². The topological polar surface area (TPSA) is 92.5 Å². The van der Waals surface area contributed by atoms with E-state index in [9.17, 15) is 17.6 Å². The van der Waals surface area contributed by atoms with Crippen molar-refractivity contribution >= 4 is 21.6 Å². The Balaban J connectivity index is 1.54. The molecule has 1 N–H and O–H groups in total. The summed E-state index contributed by atoms with van der Waals surface area (Å²) in [4.78, 5) is 12.5. The fourth-order valence-electron chi connectivity index (χ4n) is 4.27. The van der Waals surface area contributed by atoms with Crippen molar-refractivity contribution in [2.75, 3.05) is 5.32 Å². The average Bonchev–Trinajstić information content (AvgIpc) is 3.11. The van der Waals surface area contributed by atoms with Crippen molar-refractivity contribution in [3.63, 3.8) is 0 Å². The zero-order valence-electron chi connectivity index (χ0n) is 18.7. The third-order valence-corrected chi connectivity index (χ3v) is 8.46. The summed E-state index contributed by atoms with van der Waals surface area (Å²) >= 11 is 0. The minimum atomic E-state index is -3.67. The van der Waals surface area contributed by atoms with Crippen LogP contribution in [0.15, 0.2) is 53.1 Å². The van der Waals surface area contributed by atoms with Crippen LogP contribution in [-0.2, 0) is 16.6 Å². The van der Waals surface area contributed by atoms with E-state index < -0.39 is 27.0 Å². The fourth-order valence-corrected chi connectivity index (χ4v) is 6.46. The van der Waals surface area contributed by atoms with Crippen LogP contribution in [0.1, 0.15) is 58.0 Å². The third kappa shape index (κ3) is 4.56. The Morgan fingerprint density at radius 1 is 1.18 bits per heavy atom. The quantitative estimate of drug-likeness (QED) is 0.580. The van der Waals surface area contributed by atoms with Crippen LogP contribution >= 0.6 is 0 Å². The number of halogens is 1. The number of carbonyl (C=O) groups excluding carboxylic acids is 1. The van der Waals surface area contributed by atoms with E-state index in [1.54, 1.807) is 19.9 Å². The lowest BCUT2D eigenvalue weighted by molar-refractivity contribution is 0.102. The highest BCUT2D eigenvalue weighted by molar-refractivity contribution is 7.89. The second-order valence-corrected chi connectivity index (χ2v) is 10.4. The number of benzene rings is 2. The smallest absolute Gasteiger partial charge is 0.261 e.